The molecule has 0 N–H and O–H groups in total. The summed E-state index contributed by atoms with van der Waals surface area (Å²) in [7, 11) is 0. The molecule has 1 heterocycles. The van der Waals surface area contributed by atoms with Gasteiger partial charge in [-0.25, -0.2) is 4.39 Å². The van der Waals surface area contributed by atoms with Crippen LogP contribution in [0.15, 0.2) is 41.8 Å². The molecule has 0 aliphatic heterocycles. The number of carbonyl (C=O) groups excluding carboxylic acids is 2. The minimum Gasteiger partial charge on any atom is -0.332 e. The van der Waals surface area contributed by atoms with Gasteiger partial charge in [0.2, 0.25) is 11.8 Å². The molecule has 1 aromatic carbocycles. The summed E-state index contributed by atoms with van der Waals surface area (Å²) in [5, 5.41) is 1.31. The second kappa shape index (κ2) is 8.85. The molecule has 27 heavy (non-hydrogen) atoms. The van der Waals surface area contributed by atoms with Gasteiger partial charge < -0.3 is 9.80 Å². The van der Waals surface area contributed by atoms with E-state index in [-0.39, 0.29) is 30.2 Å². The number of thiophene rings is 1. The Kier molecular flexibility index (Phi) is 6.50. The van der Waals surface area contributed by atoms with Crippen LogP contribution in [0.25, 0.3) is 0 Å². The predicted molar refractivity (Wildman–Crippen MR) is 105 cm³/mol. The van der Waals surface area contributed by atoms with Gasteiger partial charge in [-0.3, -0.25) is 9.59 Å². The molecule has 144 valence electrons. The Labute approximate surface area is 167 Å². The van der Waals surface area contributed by atoms with Crippen molar-refractivity contribution in [2.75, 3.05) is 6.54 Å². The lowest BCUT2D eigenvalue weighted by Gasteiger charge is -2.28. The van der Waals surface area contributed by atoms with Crippen LogP contribution in [0.1, 0.15) is 30.2 Å². The van der Waals surface area contributed by atoms with E-state index in [0.29, 0.717) is 13.1 Å². The third kappa shape index (κ3) is 5.53. The molecule has 3 rings (SSSR count). The van der Waals surface area contributed by atoms with E-state index < -0.39 is 5.38 Å². The molecule has 0 radical (unpaired) electrons. The molecule has 1 aliphatic carbocycles. The van der Waals surface area contributed by atoms with Crippen LogP contribution >= 0.6 is 22.9 Å². The van der Waals surface area contributed by atoms with Crippen molar-refractivity contribution in [2.45, 2.75) is 44.3 Å². The zero-order valence-electron chi connectivity index (χ0n) is 15.1. The summed E-state index contributed by atoms with van der Waals surface area (Å²) in [5.74, 6) is -0.646. The molecule has 1 unspecified atom stereocenters. The molecule has 1 atom stereocenters. The van der Waals surface area contributed by atoms with Gasteiger partial charge in [0, 0.05) is 17.5 Å². The molecule has 0 bridgehead atoms. The fourth-order valence-electron chi connectivity index (χ4n) is 2.88. The Morgan fingerprint density at radius 3 is 2.48 bits per heavy atom. The van der Waals surface area contributed by atoms with Crippen molar-refractivity contribution < 1.29 is 14.0 Å². The highest BCUT2D eigenvalue weighted by atomic mass is 35.5. The van der Waals surface area contributed by atoms with Gasteiger partial charge >= 0.3 is 0 Å². The summed E-state index contributed by atoms with van der Waals surface area (Å²) >= 11 is 7.54. The Bertz CT molecular complexity index is 776. The summed E-state index contributed by atoms with van der Waals surface area (Å²) in [4.78, 5) is 29.8. The summed E-state index contributed by atoms with van der Waals surface area (Å²) in [6, 6.07) is 10.1. The van der Waals surface area contributed by atoms with E-state index in [9.17, 15) is 14.0 Å². The largest absolute Gasteiger partial charge is 0.332 e. The smallest absolute Gasteiger partial charge is 0.242 e. The van der Waals surface area contributed by atoms with Gasteiger partial charge in [-0.2, -0.15) is 0 Å². The third-order valence-corrected chi connectivity index (χ3v) is 5.53. The second-order valence-corrected chi connectivity index (χ2v) is 8.46. The van der Waals surface area contributed by atoms with Crippen LogP contribution in [0, 0.1) is 5.82 Å². The fraction of sp³-hybridized carbons (Fsp3) is 0.400. The van der Waals surface area contributed by atoms with Crippen LogP contribution in [0.3, 0.4) is 0 Å². The lowest BCUT2D eigenvalue weighted by Crippen LogP contribution is -2.45. The number of hydrogen-bond donors (Lipinski definition) is 0. The first-order valence-corrected chi connectivity index (χ1v) is 10.2. The number of rotatable bonds is 8. The quantitative estimate of drug-likeness (QED) is 0.618. The molecule has 1 aromatic heterocycles. The van der Waals surface area contributed by atoms with E-state index in [1.165, 1.54) is 12.1 Å². The average molecular weight is 409 g/mol. The molecular weight excluding hydrogens is 387 g/mol. The van der Waals surface area contributed by atoms with Crippen molar-refractivity contribution in [1.29, 1.82) is 0 Å². The van der Waals surface area contributed by atoms with Crippen molar-refractivity contribution in [1.82, 2.24) is 9.80 Å². The zero-order chi connectivity index (χ0) is 19.4. The summed E-state index contributed by atoms with van der Waals surface area (Å²) in [5.41, 5.74) is 0.844. The number of halogens is 2. The van der Waals surface area contributed by atoms with Gasteiger partial charge in [-0.1, -0.05) is 18.2 Å². The fourth-order valence-corrected chi connectivity index (χ4v) is 3.73. The maximum Gasteiger partial charge on any atom is 0.242 e. The Morgan fingerprint density at radius 1 is 1.22 bits per heavy atom. The van der Waals surface area contributed by atoms with E-state index in [1.807, 2.05) is 17.5 Å². The molecule has 1 aliphatic rings. The standard InChI is InChI=1S/C20H22ClFN2O2S/c1-14(21)20(26)24(17-8-9-17)13-19(25)23(12-18-3-2-10-27-18)11-15-4-6-16(22)7-5-15/h2-7,10,14,17H,8-9,11-13H2,1H3. The highest BCUT2D eigenvalue weighted by molar-refractivity contribution is 7.09. The highest BCUT2D eigenvalue weighted by Gasteiger charge is 2.36. The van der Waals surface area contributed by atoms with Crippen LogP contribution in [-0.2, 0) is 22.7 Å². The topological polar surface area (TPSA) is 40.6 Å². The van der Waals surface area contributed by atoms with Crippen molar-refractivity contribution in [3.05, 3.63) is 58.0 Å². The van der Waals surface area contributed by atoms with Gasteiger partial charge in [0.25, 0.3) is 0 Å². The van der Waals surface area contributed by atoms with Crippen molar-refractivity contribution in [2.24, 2.45) is 0 Å². The van der Waals surface area contributed by atoms with Gasteiger partial charge in [-0.15, -0.1) is 22.9 Å². The number of hydrogen-bond acceptors (Lipinski definition) is 3. The van der Waals surface area contributed by atoms with Gasteiger partial charge in [0.1, 0.15) is 17.7 Å². The molecule has 0 saturated heterocycles. The van der Waals surface area contributed by atoms with E-state index in [1.54, 1.807) is 40.2 Å². The molecule has 4 nitrogen and oxygen atoms in total. The first-order chi connectivity index (χ1) is 12.9. The first kappa shape index (κ1) is 19.8. The van der Waals surface area contributed by atoms with E-state index in [2.05, 4.69) is 0 Å². The highest BCUT2D eigenvalue weighted by Crippen LogP contribution is 2.28. The second-order valence-electron chi connectivity index (χ2n) is 6.77. The van der Waals surface area contributed by atoms with E-state index in [0.717, 1.165) is 23.3 Å². The van der Waals surface area contributed by atoms with Crippen LogP contribution in [-0.4, -0.2) is 39.6 Å². The normalized spacial score (nSPS) is 14.6. The number of carbonyl (C=O) groups is 2. The summed E-state index contributed by atoms with van der Waals surface area (Å²) in [6.45, 7) is 2.47. The maximum atomic E-state index is 13.2. The minimum absolute atomic E-state index is 0.0210. The van der Waals surface area contributed by atoms with Gasteiger partial charge in [0.15, 0.2) is 0 Å². The van der Waals surface area contributed by atoms with Crippen molar-refractivity contribution >= 4 is 34.8 Å². The summed E-state index contributed by atoms with van der Waals surface area (Å²) < 4.78 is 13.2. The van der Waals surface area contributed by atoms with Crippen LogP contribution in [0.4, 0.5) is 4.39 Å². The lowest BCUT2D eigenvalue weighted by molar-refractivity contribution is -0.141. The summed E-state index contributed by atoms with van der Waals surface area (Å²) in [6.07, 6.45) is 1.82. The molecule has 1 saturated carbocycles. The van der Waals surface area contributed by atoms with Crippen LogP contribution in [0.5, 0.6) is 0 Å². The van der Waals surface area contributed by atoms with Crippen LogP contribution < -0.4 is 0 Å². The predicted octanol–water partition coefficient (Wildman–Crippen LogP) is 4.03. The number of amides is 2. The number of alkyl halides is 1. The van der Waals surface area contributed by atoms with Gasteiger partial charge in [-0.05, 0) is 48.9 Å². The number of nitrogens with zero attached hydrogens (tertiary/aromatic N) is 2. The molecule has 2 amide bonds. The molecule has 1 fully saturated rings. The van der Waals surface area contributed by atoms with Crippen molar-refractivity contribution in [3.63, 3.8) is 0 Å². The number of benzene rings is 1. The Hall–Kier alpha value is -1.92. The zero-order valence-corrected chi connectivity index (χ0v) is 16.7. The maximum absolute atomic E-state index is 13.2. The third-order valence-electron chi connectivity index (χ3n) is 4.48. The monoisotopic (exact) mass is 408 g/mol. The first-order valence-electron chi connectivity index (χ1n) is 8.93. The lowest BCUT2D eigenvalue weighted by atomic mass is 10.2. The Morgan fingerprint density at radius 2 is 1.93 bits per heavy atom. The van der Waals surface area contributed by atoms with Gasteiger partial charge in [0.05, 0.1) is 6.54 Å². The van der Waals surface area contributed by atoms with Crippen molar-refractivity contribution in [3.8, 4) is 0 Å². The minimum atomic E-state index is -0.652. The van der Waals surface area contributed by atoms with E-state index in [4.69, 9.17) is 11.6 Å². The average Bonchev–Trinajstić information content (AvgIpc) is 3.36. The van der Waals surface area contributed by atoms with Crippen LogP contribution in [0.2, 0.25) is 0 Å². The molecule has 2 aromatic rings. The molecular formula is C20H22ClFN2O2S. The Balaban J connectivity index is 1.74. The molecule has 7 heteroatoms. The SMILES string of the molecule is CC(Cl)C(=O)N(CC(=O)N(Cc1ccc(F)cc1)Cc1cccs1)C1CC1. The van der Waals surface area contributed by atoms with E-state index >= 15 is 0 Å². The molecule has 0 spiro atoms.